The highest BCUT2D eigenvalue weighted by atomic mass is 15.1. The number of unbranched alkanes of at least 4 members (excludes halogenated alkanes) is 8. The number of hydrogen-bond acceptors (Lipinski definition) is 1. The van der Waals surface area contributed by atoms with Crippen LogP contribution in [0.25, 0.3) is 0 Å². The summed E-state index contributed by atoms with van der Waals surface area (Å²) in [6, 6.07) is 0. The number of rotatable bonds is 14. The topological polar surface area (TPSA) is 3.24 Å². The van der Waals surface area contributed by atoms with Crippen molar-refractivity contribution in [3.63, 3.8) is 0 Å². The lowest BCUT2D eigenvalue weighted by atomic mass is 10.1. The molecule has 0 spiro atoms. The lowest BCUT2D eigenvalue weighted by molar-refractivity contribution is 0.257. The van der Waals surface area contributed by atoms with Crippen molar-refractivity contribution in [2.75, 3.05) is 19.6 Å². The zero-order valence-electron chi connectivity index (χ0n) is 13.3. The van der Waals surface area contributed by atoms with Gasteiger partial charge in [-0.15, -0.1) is 0 Å². The van der Waals surface area contributed by atoms with E-state index in [0.717, 1.165) is 0 Å². The first-order chi connectivity index (χ1) is 8.85. The summed E-state index contributed by atoms with van der Waals surface area (Å²) in [6.07, 6.45) is 15.4. The summed E-state index contributed by atoms with van der Waals surface area (Å²) >= 11 is 0. The van der Waals surface area contributed by atoms with E-state index in [1.807, 2.05) is 0 Å². The maximum Gasteiger partial charge on any atom is -0.00187 e. The van der Waals surface area contributed by atoms with E-state index in [2.05, 4.69) is 25.7 Å². The van der Waals surface area contributed by atoms with Crippen LogP contribution in [0.1, 0.15) is 91.4 Å². The van der Waals surface area contributed by atoms with Gasteiger partial charge in [0.1, 0.15) is 0 Å². The predicted molar refractivity (Wildman–Crippen MR) is 84.2 cm³/mol. The second-order valence-electron chi connectivity index (χ2n) is 5.67. The van der Waals surface area contributed by atoms with Crippen LogP contribution in [0.15, 0.2) is 0 Å². The van der Waals surface area contributed by atoms with E-state index >= 15 is 0 Å². The van der Waals surface area contributed by atoms with Gasteiger partial charge in [0.15, 0.2) is 0 Å². The van der Waals surface area contributed by atoms with Crippen molar-refractivity contribution in [3.05, 3.63) is 0 Å². The molecule has 1 nitrogen and oxygen atoms in total. The van der Waals surface area contributed by atoms with Crippen molar-refractivity contribution in [3.8, 4) is 0 Å². The first-order valence-electron chi connectivity index (χ1n) is 8.57. The largest absolute Gasteiger partial charge is 0.303 e. The second kappa shape index (κ2) is 15.0. The van der Waals surface area contributed by atoms with Gasteiger partial charge in [0.2, 0.25) is 0 Å². The van der Waals surface area contributed by atoms with Gasteiger partial charge in [-0.25, -0.2) is 0 Å². The van der Waals surface area contributed by atoms with E-state index < -0.39 is 0 Å². The molecule has 0 aromatic carbocycles. The Morgan fingerprint density at radius 1 is 0.444 bits per heavy atom. The molecular formula is C17H37N. The molecule has 18 heavy (non-hydrogen) atoms. The van der Waals surface area contributed by atoms with E-state index in [1.165, 1.54) is 90.3 Å². The van der Waals surface area contributed by atoms with Crippen LogP contribution in [-0.4, -0.2) is 24.5 Å². The molecular weight excluding hydrogens is 218 g/mol. The highest BCUT2D eigenvalue weighted by molar-refractivity contribution is 4.59. The van der Waals surface area contributed by atoms with Crippen molar-refractivity contribution < 1.29 is 0 Å². The Morgan fingerprint density at radius 2 is 0.833 bits per heavy atom. The molecule has 0 saturated heterocycles. The van der Waals surface area contributed by atoms with E-state index in [4.69, 9.17) is 0 Å². The summed E-state index contributed by atoms with van der Waals surface area (Å²) in [7, 11) is 0. The first-order valence-corrected chi connectivity index (χ1v) is 8.57. The average Bonchev–Trinajstić information content (AvgIpc) is 2.39. The van der Waals surface area contributed by atoms with Crippen LogP contribution in [0, 0.1) is 0 Å². The van der Waals surface area contributed by atoms with E-state index in [0.29, 0.717) is 0 Å². The molecule has 0 aliphatic carbocycles. The number of nitrogens with zero attached hydrogens (tertiary/aromatic N) is 1. The molecule has 0 aromatic heterocycles. The molecule has 110 valence electrons. The lowest BCUT2D eigenvalue weighted by Crippen LogP contribution is -2.27. The predicted octanol–water partition coefficient (Wildman–Crippen LogP) is 5.64. The van der Waals surface area contributed by atoms with Gasteiger partial charge in [-0.2, -0.15) is 0 Å². The zero-order valence-corrected chi connectivity index (χ0v) is 13.3. The summed E-state index contributed by atoms with van der Waals surface area (Å²) in [5.74, 6) is 0. The van der Waals surface area contributed by atoms with Crippen LogP contribution in [0.3, 0.4) is 0 Å². The molecule has 0 aliphatic rings. The molecule has 0 aromatic rings. The van der Waals surface area contributed by atoms with E-state index in [9.17, 15) is 0 Å². The molecule has 0 amide bonds. The maximum absolute atomic E-state index is 2.71. The van der Waals surface area contributed by atoms with Gasteiger partial charge < -0.3 is 4.90 Å². The third-order valence-corrected chi connectivity index (χ3v) is 3.73. The average molecular weight is 255 g/mol. The second-order valence-corrected chi connectivity index (χ2v) is 5.67. The maximum atomic E-state index is 2.71. The molecule has 0 radical (unpaired) electrons. The van der Waals surface area contributed by atoms with E-state index in [-0.39, 0.29) is 0 Å². The minimum atomic E-state index is 1.33. The molecule has 0 atom stereocenters. The summed E-state index contributed by atoms with van der Waals surface area (Å²) < 4.78 is 0. The van der Waals surface area contributed by atoms with Crippen molar-refractivity contribution in [1.29, 1.82) is 0 Å². The quantitative estimate of drug-likeness (QED) is 0.363. The third kappa shape index (κ3) is 12.4. The van der Waals surface area contributed by atoms with Crippen LogP contribution < -0.4 is 0 Å². The molecule has 0 N–H and O–H groups in total. The first kappa shape index (κ1) is 18.0. The SMILES string of the molecule is CCCCCCCN(CCCC)CCCCCC. The Hall–Kier alpha value is -0.0400. The van der Waals surface area contributed by atoms with Gasteiger partial charge in [-0.1, -0.05) is 72.1 Å². The van der Waals surface area contributed by atoms with Crippen LogP contribution in [-0.2, 0) is 0 Å². The van der Waals surface area contributed by atoms with Crippen molar-refractivity contribution in [1.82, 2.24) is 4.90 Å². The fourth-order valence-electron chi connectivity index (χ4n) is 2.42. The summed E-state index contributed by atoms with van der Waals surface area (Å²) in [5.41, 5.74) is 0. The molecule has 0 heterocycles. The van der Waals surface area contributed by atoms with E-state index in [1.54, 1.807) is 0 Å². The standard InChI is InChI=1S/C17H37N/c1-4-7-10-12-14-17-18(15-9-6-3)16-13-11-8-5-2/h4-17H2,1-3H3. The Kier molecular flexibility index (Phi) is 15.0. The van der Waals surface area contributed by atoms with Gasteiger partial charge in [-0.3, -0.25) is 0 Å². The van der Waals surface area contributed by atoms with Crippen LogP contribution in [0.4, 0.5) is 0 Å². The Labute approximate surface area is 116 Å². The lowest BCUT2D eigenvalue weighted by Gasteiger charge is -2.22. The molecule has 1 heteroatoms. The number of hydrogen-bond donors (Lipinski definition) is 0. The van der Waals surface area contributed by atoms with Gasteiger partial charge in [-0.05, 0) is 38.9 Å². The highest BCUT2D eigenvalue weighted by Crippen LogP contribution is 2.07. The fourth-order valence-corrected chi connectivity index (χ4v) is 2.42. The minimum Gasteiger partial charge on any atom is -0.303 e. The summed E-state index contributed by atoms with van der Waals surface area (Å²) in [4.78, 5) is 2.71. The third-order valence-electron chi connectivity index (χ3n) is 3.73. The van der Waals surface area contributed by atoms with Crippen LogP contribution >= 0.6 is 0 Å². The summed E-state index contributed by atoms with van der Waals surface area (Å²) in [5, 5.41) is 0. The van der Waals surface area contributed by atoms with Crippen LogP contribution in [0.5, 0.6) is 0 Å². The summed E-state index contributed by atoms with van der Waals surface area (Å²) in [6.45, 7) is 10.9. The van der Waals surface area contributed by atoms with Crippen molar-refractivity contribution in [2.45, 2.75) is 91.4 Å². The van der Waals surface area contributed by atoms with Crippen molar-refractivity contribution in [2.24, 2.45) is 0 Å². The van der Waals surface area contributed by atoms with Gasteiger partial charge in [0.05, 0.1) is 0 Å². The minimum absolute atomic E-state index is 1.33. The molecule has 0 bridgehead atoms. The van der Waals surface area contributed by atoms with Crippen molar-refractivity contribution >= 4 is 0 Å². The molecule has 0 rings (SSSR count). The van der Waals surface area contributed by atoms with Gasteiger partial charge in [0.25, 0.3) is 0 Å². The molecule has 0 saturated carbocycles. The monoisotopic (exact) mass is 255 g/mol. The Balaban J connectivity index is 3.56. The fraction of sp³-hybridized carbons (Fsp3) is 1.00. The van der Waals surface area contributed by atoms with Crippen LogP contribution in [0.2, 0.25) is 0 Å². The molecule has 0 fully saturated rings. The van der Waals surface area contributed by atoms with Gasteiger partial charge in [0, 0.05) is 0 Å². The zero-order chi connectivity index (χ0) is 13.5. The Bertz CT molecular complexity index is 145. The molecule has 0 unspecified atom stereocenters. The normalized spacial score (nSPS) is 11.3. The highest BCUT2D eigenvalue weighted by Gasteiger charge is 2.03. The molecule has 0 aliphatic heterocycles. The Morgan fingerprint density at radius 3 is 1.33 bits per heavy atom. The van der Waals surface area contributed by atoms with Gasteiger partial charge >= 0.3 is 0 Å². The smallest absolute Gasteiger partial charge is 0.00187 e.